The van der Waals surface area contributed by atoms with Crippen LogP contribution < -0.4 is 10.1 Å². The highest BCUT2D eigenvalue weighted by Crippen LogP contribution is 2.30. The maximum Gasteiger partial charge on any atom is 0.162 e. The summed E-state index contributed by atoms with van der Waals surface area (Å²) in [4.78, 5) is 0. The highest BCUT2D eigenvalue weighted by molar-refractivity contribution is 5.33. The van der Waals surface area contributed by atoms with Crippen molar-refractivity contribution >= 4 is 0 Å². The van der Waals surface area contributed by atoms with Crippen molar-refractivity contribution < 1.29 is 9.15 Å². The lowest BCUT2D eigenvalue weighted by Gasteiger charge is -2.18. The largest absolute Gasteiger partial charge is 0.493 e. The zero-order valence-electron chi connectivity index (χ0n) is 11.9. The van der Waals surface area contributed by atoms with Crippen molar-refractivity contribution in [3.63, 3.8) is 0 Å². The average molecular weight is 263 g/mol. The fraction of sp³-hybridized carbons (Fsp3) is 0.500. The number of nitrogens with one attached hydrogen (secondary N) is 1. The summed E-state index contributed by atoms with van der Waals surface area (Å²) < 4.78 is 13.1. The molecule has 1 atom stereocenters. The number of hydrogen-bond donors (Lipinski definition) is 1. The lowest BCUT2D eigenvalue weighted by atomic mass is 10.1. The van der Waals surface area contributed by atoms with Crippen molar-refractivity contribution in [1.82, 2.24) is 15.1 Å². The van der Waals surface area contributed by atoms with Crippen LogP contribution in [0.4, 0.5) is 0 Å². The highest BCUT2D eigenvalue weighted by atomic mass is 16.5. The maximum atomic E-state index is 5.76. The highest BCUT2D eigenvalue weighted by Gasteiger charge is 2.24. The Labute approximate surface area is 113 Å². The van der Waals surface area contributed by atoms with Crippen LogP contribution in [0.25, 0.3) is 0 Å². The second-order valence-electron chi connectivity index (χ2n) is 4.35. The Morgan fingerprint density at radius 2 is 2.21 bits per heavy atom. The van der Waals surface area contributed by atoms with Crippen LogP contribution in [0.1, 0.15) is 37.1 Å². The first kappa shape index (κ1) is 13.7. The summed E-state index contributed by atoms with van der Waals surface area (Å²) >= 11 is 0. The average Bonchev–Trinajstić information content (AvgIpc) is 3.01. The third-order valence-electron chi connectivity index (χ3n) is 3.09. The van der Waals surface area contributed by atoms with E-state index in [2.05, 4.69) is 24.3 Å². The Morgan fingerprint density at radius 1 is 1.42 bits per heavy atom. The van der Waals surface area contributed by atoms with E-state index in [-0.39, 0.29) is 6.04 Å². The van der Waals surface area contributed by atoms with Gasteiger partial charge in [-0.25, -0.2) is 0 Å². The first-order chi connectivity index (χ1) is 9.21. The van der Waals surface area contributed by atoms with E-state index in [1.807, 2.05) is 23.7 Å². The van der Waals surface area contributed by atoms with Crippen molar-refractivity contribution in [2.75, 3.05) is 13.7 Å². The van der Waals surface area contributed by atoms with E-state index in [1.54, 1.807) is 13.3 Å². The van der Waals surface area contributed by atoms with Gasteiger partial charge in [0.25, 0.3) is 0 Å². The molecule has 104 valence electrons. The van der Waals surface area contributed by atoms with Crippen LogP contribution in [0.3, 0.4) is 0 Å². The third kappa shape index (κ3) is 2.66. The Kier molecular flexibility index (Phi) is 4.27. The first-order valence-electron chi connectivity index (χ1n) is 6.60. The molecule has 5 nitrogen and oxygen atoms in total. The fourth-order valence-electron chi connectivity index (χ4n) is 2.22. The maximum absolute atomic E-state index is 5.76. The molecule has 0 radical (unpaired) electrons. The first-order valence-corrected chi connectivity index (χ1v) is 6.60. The molecule has 2 aromatic rings. The lowest BCUT2D eigenvalue weighted by molar-refractivity contribution is 0.381. The Bertz CT molecular complexity index is 509. The molecule has 0 spiro atoms. The molecule has 0 amide bonds. The molecule has 1 N–H and O–H groups in total. The zero-order chi connectivity index (χ0) is 13.8. The molecule has 5 heteroatoms. The molecule has 0 aliphatic rings. The van der Waals surface area contributed by atoms with Gasteiger partial charge in [-0.1, -0.05) is 6.92 Å². The molecule has 0 saturated heterocycles. The predicted molar refractivity (Wildman–Crippen MR) is 73.4 cm³/mol. The quantitative estimate of drug-likeness (QED) is 0.870. The minimum Gasteiger partial charge on any atom is -0.493 e. The molecule has 1 unspecified atom stereocenters. The monoisotopic (exact) mass is 263 g/mol. The molecule has 19 heavy (non-hydrogen) atoms. The molecule has 0 aliphatic heterocycles. The zero-order valence-corrected chi connectivity index (χ0v) is 11.9. The van der Waals surface area contributed by atoms with E-state index in [4.69, 9.17) is 9.15 Å². The number of aromatic nitrogens is 2. The molecule has 0 aliphatic carbocycles. The topological polar surface area (TPSA) is 52.2 Å². The molecular formula is C14H21N3O2. The summed E-state index contributed by atoms with van der Waals surface area (Å²) in [7, 11) is 1.66. The molecule has 2 aromatic heterocycles. The van der Waals surface area contributed by atoms with Crippen LogP contribution in [0, 0.1) is 6.92 Å². The Balaban J connectivity index is 2.46. The van der Waals surface area contributed by atoms with Crippen molar-refractivity contribution in [3.8, 4) is 5.75 Å². The van der Waals surface area contributed by atoms with Crippen LogP contribution in [-0.4, -0.2) is 23.4 Å². The Morgan fingerprint density at radius 3 is 2.74 bits per heavy atom. The predicted octanol–water partition coefficient (Wildman–Crippen LogP) is 2.51. The lowest BCUT2D eigenvalue weighted by Crippen LogP contribution is -2.25. The molecule has 0 fully saturated rings. The van der Waals surface area contributed by atoms with Crippen molar-refractivity contribution in [2.24, 2.45) is 0 Å². The number of methoxy groups -OCH3 is 1. The van der Waals surface area contributed by atoms with Gasteiger partial charge in [-0.05, 0) is 32.5 Å². The van der Waals surface area contributed by atoms with E-state index in [0.717, 1.165) is 36.1 Å². The van der Waals surface area contributed by atoms with Crippen LogP contribution in [0.15, 0.2) is 22.7 Å². The minimum absolute atomic E-state index is 0.0453. The number of furan rings is 1. The van der Waals surface area contributed by atoms with Crippen LogP contribution in [0.2, 0.25) is 0 Å². The van der Waals surface area contributed by atoms with Gasteiger partial charge in [0.05, 0.1) is 13.3 Å². The Hall–Kier alpha value is -1.75. The van der Waals surface area contributed by atoms with Crippen molar-refractivity contribution in [1.29, 1.82) is 0 Å². The number of ether oxygens (including phenoxy) is 1. The SMILES string of the molecule is CCNC(c1ccc(C)o1)c1c(OC)cnn1CC. The molecule has 0 aromatic carbocycles. The van der Waals surface area contributed by atoms with Crippen molar-refractivity contribution in [2.45, 2.75) is 33.4 Å². The van der Waals surface area contributed by atoms with E-state index in [9.17, 15) is 0 Å². The summed E-state index contributed by atoms with van der Waals surface area (Å²) in [6, 6.07) is 3.92. The minimum atomic E-state index is -0.0453. The molecule has 2 heterocycles. The second-order valence-corrected chi connectivity index (χ2v) is 4.35. The summed E-state index contributed by atoms with van der Waals surface area (Å²) in [5.74, 6) is 2.56. The van der Waals surface area contributed by atoms with E-state index in [1.165, 1.54) is 0 Å². The standard InChI is InChI=1S/C14H21N3O2/c1-5-15-13(11-8-7-10(3)19-11)14-12(18-4)9-16-17(14)6-2/h7-9,13,15H,5-6H2,1-4H3. The van der Waals surface area contributed by atoms with Crippen molar-refractivity contribution in [3.05, 3.63) is 35.5 Å². The van der Waals surface area contributed by atoms with Crippen LogP contribution in [-0.2, 0) is 6.54 Å². The second kappa shape index (κ2) is 5.93. The normalized spacial score (nSPS) is 12.6. The van der Waals surface area contributed by atoms with E-state index in [0.29, 0.717) is 0 Å². The van der Waals surface area contributed by atoms with Gasteiger partial charge in [0.1, 0.15) is 23.3 Å². The summed E-state index contributed by atoms with van der Waals surface area (Å²) in [5.41, 5.74) is 1.00. The van der Waals surface area contributed by atoms with Crippen LogP contribution >= 0.6 is 0 Å². The summed E-state index contributed by atoms with van der Waals surface area (Å²) in [6.07, 6.45) is 1.75. The van der Waals surface area contributed by atoms with Gasteiger partial charge in [0.2, 0.25) is 0 Å². The van der Waals surface area contributed by atoms with Gasteiger partial charge < -0.3 is 14.5 Å². The van der Waals surface area contributed by atoms with E-state index >= 15 is 0 Å². The third-order valence-corrected chi connectivity index (χ3v) is 3.09. The number of aryl methyl sites for hydroxylation is 2. The summed E-state index contributed by atoms with van der Waals surface area (Å²) in [6.45, 7) is 7.71. The molecule has 0 saturated carbocycles. The molecular weight excluding hydrogens is 242 g/mol. The smallest absolute Gasteiger partial charge is 0.162 e. The number of hydrogen-bond acceptors (Lipinski definition) is 4. The fourth-order valence-corrected chi connectivity index (χ4v) is 2.22. The molecule has 2 rings (SSSR count). The van der Waals surface area contributed by atoms with Gasteiger partial charge in [0, 0.05) is 6.54 Å². The number of nitrogens with zero attached hydrogens (tertiary/aromatic N) is 2. The van der Waals surface area contributed by atoms with Gasteiger partial charge in [-0.3, -0.25) is 4.68 Å². The summed E-state index contributed by atoms with van der Waals surface area (Å²) in [5, 5.41) is 7.78. The van der Waals surface area contributed by atoms with Crippen LogP contribution in [0.5, 0.6) is 5.75 Å². The molecule has 0 bridgehead atoms. The van der Waals surface area contributed by atoms with Gasteiger partial charge >= 0.3 is 0 Å². The van der Waals surface area contributed by atoms with Gasteiger partial charge in [-0.15, -0.1) is 0 Å². The van der Waals surface area contributed by atoms with Gasteiger partial charge in [0.15, 0.2) is 5.75 Å². The van der Waals surface area contributed by atoms with E-state index < -0.39 is 0 Å². The van der Waals surface area contributed by atoms with Gasteiger partial charge in [-0.2, -0.15) is 5.10 Å². The number of rotatable bonds is 6.